The molecule has 0 aliphatic carbocycles. The number of nitrogens with one attached hydrogen (secondary N) is 1. The summed E-state index contributed by atoms with van der Waals surface area (Å²) in [5.74, 6) is -0.496. The van der Waals surface area contributed by atoms with Crippen molar-refractivity contribution in [3.8, 4) is 0 Å². The number of carbonyl (C=O) groups excluding carboxylic acids is 1. The second kappa shape index (κ2) is 11.7. The van der Waals surface area contributed by atoms with E-state index in [1.807, 2.05) is 67.6 Å². The van der Waals surface area contributed by atoms with E-state index in [1.54, 1.807) is 12.1 Å². The minimum atomic E-state index is -1.18. The number of aliphatic hydroxyl groups is 2. The molecule has 0 fully saturated rings. The average molecular weight is 541 g/mol. The van der Waals surface area contributed by atoms with Crippen molar-refractivity contribution in [2.75, 3.05) is 0 Å². The summed E-state index contributed by atoms with van der Waals surface area (Å²) in [6, 6.07) is 23.5. The smallest absolute Gasteiger partial charge is 0.225 e. The lowest BCUT2D eigenvalue weighted by Crippen LogP contribution is -2.31. The second-order valence-corrected chi connectivity index (χ2v) is 9.85. The highest BCUT2D eigenvalue weighted by Gasteiger charge is 2.21. The molecule has 7 nitrogen and oxygen atoms in total. The van der Waals surface area contributed by atoms with Gasteiger partial charge < -0.3 is 25.2 Å². The van der Waals surface area contributed by atoms with Gasteiger partial charge in [-0.05, 0) is 52.9 Å². The van der Waals surface area contributed by atoms with Crippen molar-refractivity contribution in [2.24, 2.45) is 0 Å². The quantitative estimate of drug-likeness (QED) is 0.185. The minimum Gasteiger partial charge on any atom is -0.619 e. The standard InChI is InChI=1S/C32H29FN2O5/c1-20-13-22(19-36)7-9-26(20)32(23-5-3-2-4-6-23)34-31(38)15-21-8-10-30-24(14-21)16-25(40-30)17-29(37)27-11-12-35(39)18-28(27)33/h2-14,16,18,29,32,36-37H,15,17,19H2,1H3,(H,34,38). The van der Waals surface area contributed by atoms with Gasteiger partial charge in [0.15, 0.2) is 12.0 Å². The van der Waals surface area contributed by atoms with Crippen LogP contribution in [0.2, 0.25) is 0 Å². The second-order valence-electron chi connectivity index (χ2n) is 9.85. The Morgan fingerprint density at radius 3 is 2.52 bits per heavy atom. The van der Waals surface area contributed by atoms with Crippen LogP contribution in [0.25, 0.3) is 11.0 Å². The highest BCUT2D eigenvalue weighted by molar-refractivity contribution is 5.83. The fourth-order valence-electron chi connectivity index (χ4n) is 4.94. The fraction of sp³-hybridized carbons (Fsp3) is 0.188. The number of aryl methyl sites for hydroxylation is 1. The normalized spacial score (nSPS) is 12.8. The van der Waals surface area contributed by atoms with Crippen LogP contribution in [0, 0.1) is 17.9 Å². The first kappa shape index (κ1) is 27.1. The van der Waals surface area contributed by atoms with Gasteiger partial charge in [0, 0.05) is 23.4 Å². The maximum Gasteiger partial charge on any atom is 0.225 e. The van der Waals surface area contributed by atoms with Crippen molar-refractivity contribution in [2.45, 2.75) is 38.5 Å². The predicted molar refractivity (Wildman–Crippen MR) is 147 cm³/mol. The SMILES string of the molecule is Cc1cc(CO)ccc1C(NC(=O)Cc1ccc2oc(CC(O)c3cc[n+]([O-])cc3F)cc2c1)c1ccccc1. The van der Waals surface area contributed by atoms with Crippen LogP contribution in [-0.2, 0) is 24.2 Å². The number of halogens is 1. The molecule has 2 aromatic heterocycles. The molecule has 0 bridgehead atoms. The Balaban J connectivity index is 1.32. The van der Waals surface area contributed by atoms with E-state index in [-0.39, 0.29) is 37.0 Å². The van der Waals surface area contributed by atoms with Gasteiger partial charge in [-0.3, -0.25) is 4.79 Å². The molecule has 2 atom stereocenters. The van der Waals surface area contributed by atoms with Crippen molar-refractivity contribution in [3.63, 3.8) is 0 Å². The Hall–Kier alpha value is -4.53. The van der Waals surface area contributed by atoms with E-state index in [0.29, 0.717) is 16.1 Å². The molecule has 5 aromatic rings. The molecule has 2 unspecified atom stereocenters. The van der Waals surface area contributed by atoms with Gasteiger partial charge in [-0.1, -0.05) is 54.6 Å². The molecule has 204 valence electrons. The first-order valence-corrected chi connectivity index (χ1v) is 12.9. The number of hydrogen-bond donors (Lipinski definition) is 3. The summed E-state index contributed by atoms with van der Waals surface area (Å²) < 4.78 is 20.2. The highest BCUT2D eigenvalue weighted by atomic mass is 19.1. The number of amides is 1. The van der Waals surface area contributed by atoms with Crippen LogP contribution in [0.3, 0.4) is 0 Å². The summed E-state index contributed by atoms with van der Waals surface area (Å²) in [6.07, 6.45) is 0.878. The molecule has 0 spiro atoms. The molecule has 0 aliphatic rings. The van der Waals surface area contributed by atoms with Crippen molar-refractivity contribution in [1.82, 2.24) is 5.32 Å². The molecule has 3 aromatic carbocycles. The Morgan fingerprint density at radius 1 is 1.02 bits per heavy atom. The zero-order chi connectivity index (χ0) is 28.2. The number of fused-ring (bicyclic) bond motifs is 1. The maximum absolute atomic E-state index is 14.1. The lowest BCUT2D eigenvalue weighted by molar-refractivity contribution is -0.607. The zero-order valence-corrected chi connectivity index (χ0v) is 21.9. The van der Waals surface area contributed by atoms with Gasteiger partial charge in [-0.2, -0.15) is 9.12 Å². The number of furan rings is 1. The molecule has 40 heavy (non-hydrogen) atoms. The Kier molecular flexibility index (Phi) is 7.91. The molecule has 5 rings (SSSR count). The van der Waals surface area contributed by atoms with E-state index in [1.165, 1.54) is 6.07 Å². The number of carbonyl (C=O) groups is 1. The third kappa shape index (κ3) is 6.03. The summed E-state index contributed by atoms with van der Waals surface area (Å²) in [5, 5.41) is 35.1. The molecular formula is C32H29FN2O5. The van der Waals surface area contributed by atoms with E-state index in [2.05, 4.69) is 5.32 Å². The molecular weight excluding hydrogens is 511 g/mol. The lowest BCUT2D eigenvalue weighted by atomic mass is 9.93. The summed E-state index contributed by atoms with van der Waals surface area (Å²) in [6.45, 7) is 1.91. The van der Waals surface area contributed by atoms with Gasteiger partial charge in [-0.15, -0.1) is 0 Å². The number of benzene rings is 3. The summed E-state index contributed by atoms with van der Waals surface area (Å²) >= 11 is 0. The first-order valence-electron chi connectivity index (χ1n) is 12.9. The van der Waals surface area contributed by atoms with Crippen LogP contribution in [0.5, 0.6) is 0 Å². The molecule has 3 N–H and O–H groups in total. The minimum absolute atomic E-state index is 0.0131. The maximum atomic E-state index is 14.1. The van der Waals surface area contributed by atoms with Gasteiger partial charge in [0.1, 0.15) is 11.3 Å². The van der Waals surface area contributed by atoms with Crippen molar-refractivity contribution in [3.05, 3.63) is 141 Å². The molecule has 0 saturated carbocycles. The first-order chi connectivity index (χ1) is 19.3. The largest absolute Gasteiger partial charge is 0.619 e. The molecule has 8 heteroatoms. The highest BCUT2D eigenvalue weighted by Crippen LogP contribution is 2.28. The van der Waals surface area contributed by atoms with E-state index >= 15 is 0 Å². The molecule has 2 heterocycles. The van der Waals surface area contributed by atoms with Crippen LogP contribution < -0.4 is 10.0 Å². The lowest BCUT2D eigenvalue weighted by Gasteiger charge is -2.22. The Labute approximate surface area is 230 Å². The van der Waals surface area contributed by atoms with Crippen molar-refractivity contribution in [1.29, 1.82) is 0 Å². The van der Waals surface area contributed by atoms with Gasteiger partial charge in [-0.25, -0.2) is 0 Å². The Bertz CT molecular complexity index is 1650. The molecule has 0 aliphatic heterocycles. The van der Waals surface area contributed by atoms with Crippen LogP contribution in [0.1, 0.15) is 51.3 Å². The molecule has 0 radical (unpaired) electrons. The third-order valence-electron chi connectivity index (χ3n) is 6.93. The number of aromatic nitrogens is 1. The summed E-state index contributed by atoms with van der Waals surface area (Å²) in [7, 11) is 0. The van der Waals surface area contributed by atoms with Crippen LogP contribution in [-0.4, -0.2) is 16.1 Å². The van der Waals surface area contributed by atoms with Crippen LogP contribution in [0.15, 0.2) is 95.7 Å². The number of aliphatic hydroxyl groups excluding tert-OH is 2. The van der Waals surface area contributed by atoms with E-state index in [9.17, 15) is 24.6 Å². The molecule has 1 amide bonds. The van der Waals surface area contributed by atoms with Crippen molar-refractivity contribution < 1.29 is 28.5 Å². The number of rotatable bonds is 9. The average Bonchev–Trinajstić information content (AvgIpc) is 3.33. The Morgan fingerprint density at radius 2 is 1.80 bits per heavy atom. The monoisotopic (exact) mass is 540 g/mol. The van der Waals surface area contributed by atoms with Gasteiger partial charge >= 0.3 is 0 Å². The number of pyridine rings is 1. The van der Waals surface area contributed by atoms with Crippen LogP contribution in [0.4, 0.5) is 4.39 Å². The van der Waals surface area contributed by atoms with Crippen molar-refractivity contribution >= 4 is 16.9 Å². The topological polar surface area (TPSA) is 110 Å². The van der Waals surface area contributed by atoms with E-state index in [4.69, 9.17) is 4.42 Å². The fourth-order valence-corrected chi connectivity index (χ4v) is 4.94. The summed E-state index contributed by atoms with van der Waals surface area (Å²) in [4.78, 5) is 13.2. The van der Waals surface area contributed by atoms with E-state index < -0.39 is 11.9 Å². The van der Waals surface area contributed by atoms with Crippen LogP contribution >= 0.6 is 0 Å². The third-order valence-corrected chi connectivity index (χ3v) is 6.93. The van der Waals surface area contributed by atoms with E-state index in [0.717, 1.165) is 45.6 Å². The predicted octanol–water partition coefficient (Wildman–Crippen LogP) is 4.73. The molecule has 0 saturated heterocycles. The number of hydrogen-bond acceptors (Lipinski definition) is 5. The summed E-state index contributed by atoms with van der Waals surface area (Å²) in [5.41, 5.74) is 5.06. The van der Waals surface area contributed by atoms with Gasteiger partial charge in [0.05, 0.1) is 25.2 Å². The number of nitrogens with zero attached hydrogens (tertiary/aromatic N) is 1. The van der Waals surface area contributed by atoms with Gasteiger partial charge in [0.25, 0.3) is 0 Å². The zero-order valence-electron chi connectivity index (χ0n) is 21.9. The van der Waals surface area contributed by atoms with Gasteiger partial charge in [0.2, 0.25) is 12.1 Å².